The Morgan fingerprint density at radius 3 is 2.26 bits per heavy atom. The van der Waals surface area contributed by atoms with Crippen LogP contribution in [0.3, 0.4) is 0 Å². The highest BCUT2D eigenvalue weighted by molar-refractivity contribution is 5.71. The third-order valence-corrected chi connectivity index (χ3v) is 5.32. The summed E-state index contributed by atoms with van der Waals surface area (Å²) in [6.45, 7) is 2.27. The van der Waals surface area contributed by atoms with E-state index in [2.05, 4.69) is 18.9 Å². The van der Waals surface area contributed by atoms with E-state index in [-0.39, 0.29) is 12.0 Å². The Hall–Kier alpha value is -0.570. The van der Waals surface area contributed by atoms with Crippen LogP contribution in [0.1, 0.15) is 64.7 Å². The fourth-order valence-electron chi connectivity index (χ4n) is 4.02. The first kappa shape index (κ1) is 14.8. The van der Waals surface area contributed by atoms with Crippen molar-refractivity contribution in [3.05, 3.63) is 0 Å². The van der Waals surface area contributed by atoms with Gasteiger partial charge in [-0.25, -0.2) is 0 Å². The topological polar surface area (TPSA) is 40.5 Å². The molecule has 19 heavy (non-hydrogen) atoms. The first-order valence-corrected chi connectivity index (χ1v) is 8.04. The molecule has 2 aliphatic rings. The second-order valence-corrected chi connectivity index (χ2v) is 6.74. The number of aliphatic carboxylic acids is 1. The number of carboxylic acids is 1. The zero-order valence-electron chi connectivity index (χ0n) is 12.5. The molecule has 2 fully saturated rings. The molecule has 3 unspecified atom stereocenters. The van der Waals surface area contributed by atoms with E-state index in [1.165, 1.54) is 38.5 Å². The van der Waals surface area contributed by atoms with Crippen molar-refractivity contribution in [2.45, 2.75) is 76.8 Å². The molecule has 110 valence electrons. The molecule has 0 aliphatic heterocycles. The standard InChI is InChI=1S/C16H29NO2/c1-12-9-10-14(16(18)19)15(11-12)17(2)13-7-5-3-4-6-8-13/h12-15H,3-11H2,1-2H3,(H,18,19). The molecule has 0 radical (unpaired) electrons. The lowest BCUT2D eigenvalue weighted by molar-refractivity contribution is -0.146. The van der Waals surface area contributed by atoms with E-state index in [1.807, 2.05) is 0 Å². The molecule has 2 saturated carbocycles. The largest absolute Gasteiger partial charge is 0.481 e. The van der Waals surface area contributed by atoms with E-state index in [0.29, 0.717) is 12.0 Å². The molecule has 3 heteroatoms. The van der Waals surface area contributed by atoms with Crippen LogP contribution in [0.5, 0.6) is 0 Å². The van der Waals surface area contributed by atoms with Gasteiger partial charge in [-0.3, -0.25) is 9.69 Å². The van der Waals surface area contributed by atoms with Gasteiger partial charge in [0.1, 0.15) is 0 Å². The normalized spacial score (nSPS) is 34.2. The van der Waals surface area contributed by atoms with Gasteiger partial charge in [-0.15, -0.1) is 0 Å². The second-order valence-electron chi connectivity index (χ2n) is 6.74. The molecule has 0 aromatic heterocycles. The summed E-state index contributed by atoms with van der Waals surface area (Å²) in [6, 6.07) is 0.865. The summed E-state index contributed by atoms with van der Waals surface area (Å²) < 4.78 is 0. The van der Waals surface area contributed by atoms with Crippen molar-refractivity contribution in [1.82, 2.24) is 4.90 Å². The first-order valence-electron chi connectivity index (χ1n) is 8.04. The van der Waals surface area contributed by atoms with Gasteiger partial charge in [-0.05, 0) is 45.1 Å². The van der Waals surface area contributed by atoms with Crippen LogP contribution in [0.4, 0.5) is 0 Å². The molecule has 3 nitrogen and oxygen atoms in total. The maximum Gasteiger partial charge on any atom is 0.308 e. The molecule has 0 saturated heterocycles. The zero-order chi connectivity index (χ0) is 13.8. The van der Waals surface area contributed by atoms with Gasteiger partial charge in [0.2, 0.25) is 0 Å². The molecule has 1 N–H and O–H groups in total. The van der Waals surface area contributed by atoms with Gasteiger partial charge in [0.05, 0.1) is 5.92 Å². The van der Waals surface area contributed by atoms with Crippen molar-refractivity contribution in [1.29, 1.82) is 0 Å². The van der Waals surface area contributed by atoms with Crippen LogP contribution in [0.15, 0.2) is 0 Å². The predicted molar refractivity (Wildman–Crippen MR) is 77.2 cm³/mol. The second kappa shape index (κ2) is 6.74. The van der Waals surface area contributed by atoms with Gasteiger partial charge in [0.25, 0.3) is 0 Å². The van der Waals surface area contributed by atoms with Crippen molar-refractivity contribution >= 4 is 5.97 Å². The van der Waals surface area contributed by atoms with E-state index in [9.17, 15) is 9.90 Å². The Morgan fingerprint density at radius 1 is 1.05 bits per heavy atom. The fraction of sp³-hybridized carbons (Fsp3) is 0.938. The maximum absolute atomic E-state index is 11.5. The summed E-state index contributed by atoms with van der Waals surface area (Å²) in [4.78, 5) is 13.9. The lowest BCUT2D eigenvalue weighted by atomic mass is 9.77. The number of carboxylic acid groups (broad SMARTS) is 1. The van der Waals surface area contributed by atoms with Gasteiger partial charge in [-0.1, -0.05) is 32.6 Å². The summed E-state index contributed by atoms with van der Waals surface area (Å²) in [5, 5.41) is 9.47. The number of rotatable bonds is 3. The van der Waals surface area contributed by atoms with Crippen LogP contribution in [-0.2, 0) is 4.79 Å². The fourth-order valence-corrected chi connectivity index (χ4v) is 4.02. The quantitative estimate of drug-likeness (QED) is 0.795. The van der Waals surface area contributed by atoms with Gasteiger partial charge < -0.3 is 5.11 Å². The van der Waals surface area contributed by atoms with Crippen LogP contribution in [-0.4, -0.2) is 35.1 Å². The number of hydrogen-bond donors (Lipinski definition) is 1. The van der Waals surface area contributed by atoms with E-state index >= 15 is 0 Å². The zero-order valence-corrected chi connectivity index (χ0v) is 12.5. The molecule has 3 atom stereocenters. The van der Waals surface area contributed by atoms with Crippen molar-refractivity contribution in [3.8, 4) is 0 Å². The highest BCUT2D eigenvalue weighted by atomic mass is 16.4. The van der Waals surface area contributed by atoms with E-state index < -0.39 is 5.97 Å². The third kappa shape index (κ3) is 3.71. The van der Waals surface area contributed by atoms with Gasteiger partial charge >= 0.3 is 5.97 Å². The van der Waals surface area contributed by atoms with E-state index in [1.54, 1.807) is 0 Å². The summed E-state index contributed by atoms with van der Waals surface area (Å²) in [5.41, 5.74) is 0. The third-order valence-electron chi connectivity index (χ3n) is 5.32. The highest BCUT2D eigenvalue weighted by Gasteiger charge is 2.38. The van der Waals surface area contributed by atoms with Crippen LogP contribution >= 0.6 is 0 Å². The summed E-state index contributed by atoms with van der Waals surface area (Å²) in [5.74, 6) is -0.0596. The average Bonchev–Trinajstić information content (AvgIpc) is 2.66. The lowest BCUT2D eigenvalue weighted by Gasteiger charge is -2.42. The summed E-state index contributed by atoms with van der Waals surface area (Å²) >= 11 is 0. The minimum Gasteiger partial charge on any atom is -0.481 e. The molecule has 0 bridgehead atoms. The van der Waals surface area contributed by atoms with Gasteiger partial charge in [-0.2, -0.15) is 0 Å². The molecule has 2 rings (SSSR count). The average molecular weight is 267 g/mol. The predicted octanol–water partition coefficient (Wildman–Crippen LogP) is 3.53. The SMILES string of the molecule is CC1CCC(C(=O)O)C(N(C)C2CCCCCC2)C1. The smallest absolute Gasteiger partial charge is 0.308 e. The number of hydrogen-bond acceptors (Lipinski definition) is 2. The highest BCUT2D eigenvalue weighted by Crippen LogP contribution is 2.34. The monoisotopic (exact) mass is 267 g/mol. The molecular formula is C16H29NO2. The van der Waals surface area contributed by atoms with Gasteiger partial charge in [0.15, 0.2) is 0 Å². The molecule has 0 aromatic rings. The molecular weight excluding hydrogens is 238 g/mol. The first-order chi connectivity index (χ1) is 9.09. The van der Waals surface area contributed by atoms with E-state index in [4.69, 9.17) is 0 Å². The Kier molecular flexibility index (Phi) is 5.26. The molecule has 0 heterocycles. The van der Waals surface area contributed by atoms with Crippen LogP contribution in [0.2, 0.25) is 0 Å². The minimum atomic E-state index is -0.586. The number of nitrogens with zero attached hydrogens (tertiary/aromatic N) is 1. The Bertz CT molecular complexity index is 297. The Labute approximate surface area is 117 Å². The maximum atomic E-state index is 11.5. The van der Waals surface area contributed by atoms with Crippen molar-refractivity contribution < 1.29 is 9.90 Å². The molecule has 2 aliphatic carbocycles. The minimum absolute atomic E-state index is 0.149. The lowest BCUT2D eigenvalue weighted by Crippen LogP contribution is -2.49. The Balaban J connectivity index is 2.04. The van der Waals surface area contributed by atoms with Gasteiger partial charge in [0, 0.05) is 12.1 Å². The van der Waals surface area contributed by atoms with Crippen LogP contribution in [0, 0.1) is 11.8 Å². The van der Waals surface area contributed by atoms with Crippen molar-refractivity contribution in [3.63, 3.8) is 0 Å². The van der Waals surface area contributed by atoms with Crippen LogP contribution < -0.4 is 0 Å². The Morgan fingerprint density at radius 2 is 1.68 bits per heavy atom. The van der Waals surface area contributed by atoms with Crippen molar-refractivity contribution in [2.24, 2.45) is 11.8 Å². The van der Waals surface area contributed by atoms with Crippen LogP contribution in [0.25, 0.3) is 0 Å². The van der Waals surface area contributed by atoms with E-state index in [0.717, 1.165) is 19.3 Å². The molecule has 0 amide bonds. The molecule has 0 spiro atoms. The summed E-state index contributed by atoms with van der Waals surface area (Å²) in [7, 11) is 2.18. The summed E-state index contributed by atoms with van der Waals surface area (Å²) in [6.07, 6.45) is 10.8. The van der Waals surface area contributed by atoms with Crippen molar-refractivity contribution in [2.75, 3.05) is 7.05 Å². The molecule has 0 aromatic carbocycles. The number of carbonyl (C=O) groups is 1.